The molecule has 1 amide bonds. The van der Waals surface area contributed by atoms with Gasteiger partial charge in [-0.2, -0.15) is 4.31 Å². The smallest absolute Gasteiger partial charge is 0.265 e. The first-order valence-electron chi connectivity index (χ1n) is 10.1. The van der Waals surface area contributed by atoms with Gasteiger partial charge in [0.05, 0.1) is 9.79 Å². The summed E-state index contributed by atoms with van der Waals surface area (Å²) in [5, 5.41) is 0. The van der Waals surface area contributed by atoms with Crippen LogP contribution in [-0.4, -0.2) is 40.1 Å². The van der Waals surface area contributed by atoms with Crippen molar-refractivity contribution in [2.75, 3.05) is 13.1 Å². The molecule has 32 heavy (non-hydrogen) atoms. The van der Waals surface area contributed by atoms with Gasteiger partial charge in [-0.1, -0.05) is 54.6 Å². The minimum absolute atomic E-state index is 0.112. The third kappa shape index (κ3) is 4.45. The Kier molecular flexibility index (Phi) is 6.14. The van der Waals surface area contributed by atoms with E-state index in [2.05, 4.69) is 4.72 Å². The topological polar surface area (TPSA) is 101 Å². The normalized spacial score (nSPS) is 14.9. The predicted molar refractivity (Wildman–Crippen MR) is 121 cm³/mol. The maximum Gasteiger partial charge on any atom is 0.265 e. The SMILES string of the molecule is O=C(NS(=O)(=O)c1cccc(S(=O)(=O)N2CCCC2)c1)c1ccccc1-c1ccccc1. The molecule has 0 saturated carbocycles. The summed E-state index contributed by atoms with van der Waals surface area (Å²) in [6.45, 7) is 0.818. The first kappa shape index (κ1) is 22.2. The van der Waals surface area contributed by atoms with Gasteiger partial charge in [0.25, 0.3) is 15.9 Å². The van der Waals surface area contributed by atoms with Crippen LogP contribution in [0.5, 0.6) is 0 Å². The quantitative estimate of drug-likeness (QED) is 0.596. The molecule has 1 aliphatic rings. The van der Waals surface area contributed by atoms with Crippen LogP contribution in [0.25, 0.3) is 11.1 Å². The number of amides is 1. The summed E-state index contributed by atoms with van der Waals surface area (Å²) in [5.74, 6) is -0.794. The van der Waals surface area contributed by atoms with Crippen LogP contribution in [0.3, 0.4) is 0 Å². The Morgan fingerprint density at radius 1 is 0.750 bits per heavy atom. The Bertz CT molecular complexity index is 1350. The molecule has 0 spiro atoms. The van der Waals surface area contributed by atoms with Gasteiger partial charge in [-0.05, 0) is 48.2 Å². The molecule has 0 aromatic heterocycles. The minimum Gasteiger partial charge on any atom is -0.268 e. The van der Waals surface area contributed by atoms with Crippen molar-refractivity contribution in [1.82, 2.24) is 9.03 Å². The summed E-state index contributed by atoms with van der Waals surface area (Å²) < 4.78 is 54.9. The van der Waals surface area contributed by atoms with E-state index in [-0.39, 0.29) is 15.4 Å². The van der Waals surface area contributed by atoms with Crippen molar-refractivity contribution < 1.29 is 21.6 Å². The van der Waals surface area contributed by atoms with Crippen molar-refractivity contribution in [2.45, 2.75) is 22.6 Å². The van der Waals surface area contributed by atoms with Crippen molar-refractivity contribution in [2.24, 2.45) is 0 Å². The van der Waals surface area contributed by atoms with Crippen LogP contribution in [0, 0.1) is 0 Å². The lowest BCUT2D eigenvalue weighted by molar-refractivity contribution is 0.0982. The fourth-order valence-electron chi connectivity index (χ4n) is 3.67. The van der Waals surface area contributed by atoms with Crippen LogP contribution in [0.2, 0.25) is 0 Å². The standard InChI is InChI=1S/C23H22N2O5S2/c26-23(22-14-5-4-13-21(22)18-9-2-1-3-10-18)24-31(27,28)19-11-8-12-20(17-19)32(29,30)25-15-6-7-16-25/h1-5,8-14,17H,6-7,15-16H2,(H,24,26). The van der Waals surface area contributed by atoms with Crippen molar-refractivity contribution in [3.63, 3.8) is 0 Å². The zero-order valence-electron chi connectivity index (χ0n) is 17.1. The molecule has 9 heteroatoms. The van der Waals surface area contributed by atoms with Crippen LogP contribution in [0.4, 0.5) is 0 Å². The molecular formula is C23H22N2O5S2. The maximum absolute atomic E-state index is 12.9. The number of hydrogen-bond donors (Lipinski definition) is 1. The zero-order chi connectivity index (χ0) is 22.8. The number of nitrogens with one attached hydrogen (secondary N) is 1. The van der Waals surface area contributed by atoms with E-state index in [9.17, 15) is 21.6 Å². The van der Waals surface area contributed by atoms with Crippen LogP contribution in [0.15, 0.2) is 88.7 Å². The molecule has 1 saturated heterocycles. The first-order chi connectivity index (χ1) is 15.3. The molecular weight excluding hydrogens is 448 g/mol. The van der Waals surface area contributed by atoms with Gasteiger partial charge in [-0.3, -0.25) is 4.79 Å². The highest BCUT2D eigenvalue weighted by Crippen LogP contribution is 2.25. The van der Waals surface area contributed by atoms with Crippen LogP contribution in [-0.2, 0) is 20.0 Å². The zero-order valence-corrected chi connectivity index (χ0v) is 18.8. The summed E-state index contributed by atoms with van der Waals surface area (Å²) in [6.07, 6.45) is 1.54. The minimum atomic E-state index is -4.30. The van der Waals surface area contributed by atoms with E-state index in [1.54, 1.807) is 24.3 Å². The number of benzene rings is 3. The summed E-state index contributed by atoms with van der Waals surface area (Å²) in [6, 6.07) is 20.9. The van der Waals surface area contributed by atoms with Crippen LogP contribution < -0.4 is 4.72 Å². The number of nitrogens with zero attached hydrogens (tertiary/aromatic N) is 1. The highest BCUT2D eigenvalue weighted by Gasteiger charge is 2.29. The molecule has 1 fully saturated rings. The Labute approximate surface area is 187 Å². The molecule has 3 aromatic rings. The summed E-state index contributed by atoms with van der Waals surface area (Å²) >= 11 is 0. The molecule has 3 aromatic carbocycles. The molecule has 1 heterocycles. The Morgan fingerprint density at radius 3 is 2.09 bits per heavy atom. The summed E-state index contributed by atoms with van der Waals surface area (Å²) in [7, 11) is -8.08. The van der Waals surface area contributed by atoms with E-state index in [4.69, 9.17) is 0 Å². The second-order valence-corrected chi connectivity index (χ2v) is 11.1. The van der Waals surface area contributed by atoms with Gasteiger partial charge in [-0.15, -0.1) is 0 Å². The van der Waals surface area contributed by atoms with Gasteiger partial charge >= 0.3 is 0 Å². The van der Waals surface area contributed by atoms with Gasteiger partial charge in [0.15, 0.2) is 0 Å². The van der Waals surface area contributed by atoms with E-state index < -0.39 is 26.0 Å². The van der Waals surface area contributed by atoms with Crippen molar-refractivity contribution in [3.8, 4) is 11.1 Å². The maximum atomic E-state index is 12.9. The third-order valence-electron chi connectivity index (χ3n) is 5.30. The predicted octanol–water partition coefficient (Wildman–Crippen LogP) is 3.26. The molecule has 4 rings (SSSR count). The lowest BCUT2D eigenvalue weighted by Crippen LogP contribution is -2.31. The Morgan fingerprint density at radius 2 is 1.38 bits per heavy atom. The van der Waals surface area contributed by atoms with Crippen LogP contribution in [0.1, 0.15) is 23.2 Å². The van der Waals surface area contributed by atoms with Gasteiger partial charge < -0.3 is 0 Å². The molecule has 1 aliphatic heterocycles. The van der Waals surface area contributed by atoms with Crippen molar-refractivity contribution in [1.29, 1.82) is 0 Å². The molecule has 1 N–H and O–H groups in total. The molecule has 0 radical (unpaired) electrons. The second-order valence-electron chi connectivity index (χ2n) is 7.43. The third-order valence-corrected chi connectivity index (χ3v) is 8.53. The molecule has 0 aliphatic carbocycles. The molecule has 0 atom stereocenters. The van der Waals surface area contributed by atoms with E-state index >= 15 is 0 Å². The monoisotopic (exact) mass is 470 g/mol. The first-order valence-corrected chi connectivity index (χ1v) is 13.0. The number of hydrogen-bond acceptors (Lipinski definition) is 5. The average molecular weight is 471 g/mol. The van der Waals surface area contributed by atoms with E-state index in [1.807, 2.05) is 30.3 Å². The van der Waals surface area contributed by atoms with Gasteiger partial charge in [0, 0.05) is 18.7 Å². The summed E-state index contributed by atoms with van der Waals surface area (Å²) in [5.41, 5.74) is 1.56. The molecule has 166 valence electrons. The van der Waals surface area contributed by atoms with Gasteiger partial charge in [-0.25, -0.2) is 21.6 Å². The largest absolute Gasteiger partial charge is 0.268 e. The number of rotatable bonds is 6. The number of sulfonamides is 2. The van der Waals surface area contributed by atoms with E-state index in [0.717, 1.165) is 24.5 Å². The number of carbonyl (C=O) groups excluding carboxylic acids is 1. The number of carbonyl (C=O) groups is 1. The molecule has 0 bridgehead atoms. The van der Waals surface area contributed by atoms with Gasteiger partial charge in [0.1, 0.15) is 0 Å². The average Bonchev–Trinajstić information content (AvgIpc) is 3.35. The highest BCUT2D eigenvalue weighted by molar-refractivity contribution is 7.90. The highest BCUT2D eigenvalue weighted by atomic mass is 32.2. The van der Waals surface area contributed by atoms with Crippen LogP contribution >= 0.6 is 0 Å². The van der Waals surface area contributed by atoms with Crippen molar-refractivity contribution >= 4 is 26.0 Å². The van der Waals surface area contributed by atoms with E-state index in [1.165, 1.54) is 22.5 Å². The fraction of sp³-hybridized carbons (Fsp3) is 0.174. The fourth-order valence-corrected chi connectivity index (χ4v) is 6.32. The Balaban J connectivity index is 1.63. The molecule has 7 nitrogen and oxygen atoms in total. The van der Waals surface area contributed by atoms with Crippen molar-refractivity contribution in [3.05, 3.63) is 84.4 Å². The Hall–Kier alpha value is -3.01. The van der Waals surface area contributed by atoms with Gasteiger partial charge in [0.2, 0.25) is 10.0 Å². The summed E-state index contributed by atoms with van der Waals surface area (Å²) in [4.78, 5) is 12.5. The lowest BCUT2D eigenvalue weighted by atomic mass is 9.99. The lowest BCUT2D eigenvalue weighted by Gasteiger charge is -2.16. The van der Waals surface area contributed by atoms with E-state index in [0.29, 0.717) is 18.7 Å². The molecule has 0 unspecified atom stereocenters. The second kappa shape index (κ2) is 8.85.